The fourth-order valence-electron chi connectivity index (χ4n) is 3.49. The number of hydrogen-bond acceptors (Lipinski definition) is 5. The van der Waals surface area contributed by atoms with Crippen LogP contribution in [0.5, 0.6) is 5.75 Å². The van der Waals surface area contributed by atoms with Gasteiger partial charge in [0.15, 0.2) is 5.69 Å². The molecule has 0 bridgehead atoms. The number of aromatic amines is 1. The Morgan fingerprint density at radius 1 is 1.27 bits per heavy atom. The van der Waals surface area contributed by atoms with Crippen LogP contribution in [0.15, 0.2) is 41.3 Å². The van der Waals surface area contributed by atoms with Gasteiger partial charge in [-0.2, -0.15) is 10.2 Å². The molecule has 0 aliphatic rings. The quantitative estimate of drug-likeness (QED) is 0.490. The highest BCUT2D eigenvalue weighted by Gasteiger charge is 2.19. The maximum absolute atomic E-state index is 12.1. The van der Waals surface area contributed by atoms with Crippen molar-refractivity contribution >= 4 is 28.1 Å². The molecule has 0 aliphatic carbocycles. The number of aromatic nitrogens is 4. The summed E-state index contributed by atoms with van der Waals surface area (Å²) in [6.45, 7) is 7.78. The summed E-state index contributed by atoms with van der Waals surface area (Å²) in [6, 6.07) is 8.74. The first-order chi connectivity index (χ1) is 14.5. The van der Waals surface area contributed by atoms with Crippen LogP contribution in [0.3, 0.4) is 0 Å². The summed E-state index contributed by atoms with van der Waals surface area (Å²) in [5.74, 6) is 0.429. The predicted octanol–water partition coefficient (Wildman–Crippen LogP) is 3.66. The Hall–Kier alpha value is -3.67. The molecule has 2 aromatic carbocycles. The van der Waals surface area contributed by atoms with Crippen LogP contribution in [0, 0.1) is 6.57 Å². The van der Waals surface area contributed by atoms with E-state index in [9.17, 15) is 4.79 Å². The topological polar surface area (TPSA) is 103 Å². The van der Waals surface area contributed by atoms with Gasteiger partial charge >= 0.3 is 0 Å². The van der Waals surface area contributed by atoms with E-state index >= 15 is 0 Å². The van der Waals surface area contributed by atoms with Gasteiger partial charge in [0, 0.05) is 30.1 Å². The summed E-state index contributed by atoms with van der Waals surface area (Å²) < 4.78 is 6.93. The van der Waals surface area contributed by atoms with Crippen molar-refractivity contribution in [1.29, 1.82) is 0 Å². The van der Waals surface area contributed by atoms with Gasteiger partial charge in [-0.3, -0.25) is 9.48 Å². The van der Waals surface area contributed by atoms with Crippen molar-refractivity contribution in [2.45, 2.75) is 6.54 Å². The zero-order valence-corrected chi connectivity index (χ0v) is 17.0. The van der Waals surface area contributed by atoms with Gasteiger partial charge in [-0.25, -0.2) is 9.94 Å². The van der Waals surface area contributed by atoms with Crippen molar-refractivity contribution in [3.8, 4) is 28.1 Å². The number of H-pyrrole nitrogens is 1. The Morgan fingerprint density at radius 2 is 2.07 bits per heavy atom. The minimum Gasteiger partial charge on any atom is -0.497 e. The Morgan fingerprint density at radius 3 is 2.77 bits per heavy atom. The van der Waals surface area contributed by atoms with Crippen LogP contribution in [0.25, 0.3) is 38.0 Å². The summed E-state index contributed by atoms with van der Waals surface area (Å²) in [7, 11) is 3.30. The van der Waals surface area contributed by atoms with Gasteiger partial charge in [-0.1, -0.05) is 17.7 Å². The molecule has 0 amide bonds. The van der Waals surface area contributed by atoms with Crippen LogP contribution in [-0.4, -0.2) is 27.1 Å². The van der Waals surface area contributed by atoms with Crippen LogP contribution in [-0.2, 0) is 13.6 Å². The molecule has 3 N–H and O–H groups in total. The average molecular weight is 421 g/mol. The fraction of sp³-hybridized carbons (Fsp3) is 0.143. The maximum Gasteiger partial charge on any atom is 0.272 e. The molecule has 0 unspecified atom stereocenters. The predicted molar refractivity (Wildman–Crippen MR) is 116 cm³/mol. The van der Waals surface area contributed by atoms with E-state index in [-0.39, 0.29) is 12.1 Å². The molecule has 0 radical (unpaired) electrons. The van der Waals surface area contributed by atoms with Crippen LogP contribution in [0.1, 0.15) is 5.69 Å². The number of fused-ring (bicyclic) bond motifs is 1. The molecule has 4 rings (SSSR count). The molecular weight excluding hydrogens is 404 g/mol. The molecule has 4 aromatic rings. The van der Waals surface area contributed by atoms with Gasteiger partial charge in [0.25, 0.3) is 5.56 Å². The van der Waals surface area contributed by atoms with E-state index in [1.54, 1.807) is 36.1 Å². The Kier molecular flexibility index (Phi) is 4.99. The molecular formula is C21H17ClN6O2. The lowest BCUT2D eigenvalue weighted by Crippen LogP contribution is -2.13. The highest BCUT2D eigenvalue weighted by molar-refractivity contribution is 6.32. The first-order valence-corrected chi connectivity index (χ1v) is 9.35. The van der Waals surface area contributed by atoms with E-state index in [1.165, 1.54) is 7.11 Å². The summed E-state index contributed by atoms with van der Waals surface area (Å²) in [5, 5.41) is 12.5. The molecule has 0 fully saturated rings. The van der Waals surface area contributed by atoms with E-state index < -0.39 is 0 Å². The Bertz CT molecular complexity index is 1380. The van der Waals surface area contributed by atoms with E-state index in [4.69, 9.17) is 28.6 Å². The minimum atomic E-state index is -0.280. The standard InChI is InChI=1S/C21H17ClN6O2/c1-24-17-8-19(30-3)16(22)7-14(17)20-15(10-25-28(20)2)11-4-5-12-13(6-11)18(9-23)26-27-21(12)29/h4-8,10H,9,23H2,2-3H3,(H,27,29). The SMILES string of the molecule is [C-]#[N+]c1cc(OC)c(Cl)cc1-c1c(-c2ccc3c(=O)[nH]nc(CN)c3c2)cnn1C. The number of benzene rings is 2. The van der Waals surface area contributed by atoms with Crippen LogP contribution < -0.4 is 16.0 Å². The number of methoxy groups -OCH3 is 1. The van der Waals surface area contributed by atoms with Gasteiger partial charge in [0.1, 0.15) is 5.75 Å². The maximum atomic E-state index is 12.1. The number of aryl methyl sites for hydroxylation is 1. The number of halogens is 1. The van der Waals surface area contributed by atoms with E-state index in [2.05, 4.69) is 20.1 Å². The van der Waals surface area contributed by atoms with Gasteiger partial charge in [-0.15, -0.1) is 0 Å². The average Bonchev–Trinajstić information content (AvgIpc) is 3.14. The number of ether oxygens (including phenoxy) is 1. The molecule has 0 atom stereocenters. The molecule has 9 heteroatoms. The Labute approximate surface area is 176 Å². The molecule has 8 nitrogen and oxygen atoms in total. The molecule has 0 aliphatic heterocycles. The molecule has 30 heavy (non-hydrogen) atoms. The monoisotopic (exact) mass is 420 g/mol. The summed E-state index contributed by atoms with van der Waals surface area (Å²) in [5.41, 5.74) is 9.46. The third kappa shape index (κ3) is 3.10. The van der Waals surface area contributed by atoms with E-state index in [0.29, 0.717) is 38.5 Å². The molecule has 2 aromatic heterocycles. The first kappa shape index (κ1) is 19.6. The lowest BCUT2D eigenvalue weighted by molar-refractivity contribution is 0.415. The zero-order valence-electron chi connectivity index (χ0n) is 16.2. The number of rotatable bonds is 4. The molecule has 150 valence electrons. The van der Waals surface area contributed by atoms with Gasteiger partial charge in [0.05, 0.1) is 41.7 Å². The lowest BCUT2D eigenvalue weighted by Gasteiger charge is -2.12. The number of nitrogens with zero attached hydrogens (tertiary/aromatic N) is 4. The highest BCUT2D eigenvalue weighted by atomic mass is 35.5. The summed E-state index contributed by atoms with van der Waals surface area (Å²) in [6.07, 6.45) is 1.71. The molecule has 0 saturated carbocycles. The first-order valence-electron chi connectivity index (χ1n) is 8.97. The van der Waals surface area contributed by atoms with E-state index in [0.717, 1.165) is 16.8 Å². The largest absolute Gasteiger partial charge is 0.497 e. The summed E-state index contributed by atoms with van der Waals surface area (Å²) >= 11 is 6.34. The van der Waals surface area contributed by atoms with Crippen molar-refractivity contribution in [3.63, 3.8) is 0 Å². The van der Waals surface area contributed by atoms with Crippen molar-refractivity contribution in [1.82, 2.24) is 20.0 Å². The van der Waals surface area contributed by atoms with Gasteiger partial charge < -0.3 is 10.5 Å². The number of nitrogens with one attached hydrogen (secondary N) is 1. The van der Waals surface area contributed by atoms with Crippen molar-refractivity contribution in [2.24, 2.45) is 12.8 Å². The van der Waals surface area contributed by atoms with E-state index in [1.807, 2.05) is 12.1 Å². The van der Waals surface area contributed by atoms with Crippen LogP contribution in [0.4, 0.5) is 5.69 Å². The lowest BCUT2D eigenvalue weighted by atomic mass is 9.98. The molecule has 0 saturated heterocycles. The molecule has 0 spiro atoms. The normalized spacial score (nSPS) is 10.9. The van der Waals surface area contributed by atoms with Crippen molar-refractivity contribution in [2.75, 3.05) is 7.11 Å². The van der Waals surface area contributed by atoms with Gasteiger partial charge in [0.2, 0.25) is 0 Å². The molecule has 2 heterocycles. The third-order valence-electron chi connectivity index (χ3n) is 4.96. The summed E-state index contributed by atoms with van der Waals surface area (Å²) in [4.78, 5) is 15.8. The van der Waals surface area contributed by atoms with Crippen LogP contribution >= 0.6 is 11.6 Å². The third-order valence-corrected chi connectivity index (χ3v) is 5.25. The Balaban J connectivity index is 1.98. The number of nitrogens with two attached hydrogens (primary N) is 1. The van der Waals surface area contributed by atoms with Gasteiger partial charge in [-0.05, 0) is 29.8 Å². The second-order valence-corrected chi connectivity index (χ2v) is 7.02. The highest BCUT2D eigenvalue weighted by Crippen LogP contribution is 2.42. The number of hydrogen-bond donors (Lipinski definition) is 2. The fourth-order valence-corrected chi connectivity index (χ4v) is 3.73. The van der Waals surface area contributed by atoms with Crippen molar-refractivity contribution in [3.05, 3.63) is 69.0 Å². The smallest absolute Gasteiger partial charge is 0.272 e. The zero-order chi connectivity index (χ0) is 21.4. The van der Waals surface area contributed by atoms with Crippen molar-refractivity contribution < 1.29 is 4.74 Å². The second-order valence-electron chi connectivity index (χ2n) is 6.61. The van der Waals surface area contributed by atoms with Crippen LogP contribution in [0.2, 0.25) is 5.02 Å². The minimum absolute atomic E-state index is 0.187. The second kappa shape index (κ2) is 7.63.